The average Bonchev–Trinajstić information content (AvgIpc) is 2.39. The fourth-order valence-electron chi connectivity index (χ4n) is 2.64. The topological polar surface area (TPSA) is 29.5 Å². The van der Waals surface area contributed by atoms with E-state index in [0.717, 1.165) is 38.0 Å². The van der Waals surface area contributed by atoms with Crippen LogP contribution < -0.4 is 0 Å². The molecule has 2 heteroatoms. The van der Waals surface area contributed by atoms with Crippen molar-refractivity contribution in [2.75, 3.05) is 13.2 Å². The van der Waals surface area contributed by atoms with Crippen LogP contribution in [0.4, 0.5) is 0 Å². The van der Waals surface area contributed by atoms with Crippen LogP contribution in [-0.2, 0) is 10.2 Å². The maximum atomic E-state index is 10.3. The van der Waals surface area contributed by atoms with Crippen LogP contribution in [0.1, 0.15) is 57.3 Å². The number of hydrogen-bond acceptors (Lipinski definition) is 2. The first-order valence-electron chi connectivity index (χ1n) is 7.33. The van der Waals surface area contributed by atoms with Crippen molar-refractivity contribution in [2.45, 2.75) is 51.6 Å². The predicted molar refractivity (Wildman–Crippen MR) is 78.3 cm³/mol. The molecule has 0 amide bonds. The van der Waals surface area contributed by atoms with Crippen molar-refractivity contribution < 1.29 is 9.84 Å². The summed E-state index contributed by atoms with van der Waals surface area (Å²) in [5.74, 6) is 0.603. The van der Waals surface area contributed by atoms with E-state index in [1.165, 1.54) is 5.56 Å². The lowest BCUT2D eigenvalue weighted by molar-refractivity contribution is 0.0435. The van der Waals surface area contributed by atoms with Crippen LogP contribution in [0.5, 0.6) is 0 Å². The lowest BCUT2D eigenvalue weighted by atomic mass is 9.85. The van der Waals surface area contributed by atoms with Crippen molar-refractivity contribution in [1.82, 2.24) is 0 Å². The molecule has 0 aromatic heterocycles. The molecular weight excluding hydrogens is 236 g/mol. The molecule has 0 bridgehead atoms. The minimum atomic E-state index is -0.336. The first-order valence-corrected chi connectivity index (χ1v) is 7.33. The Morgan fingerprint density at radius 3 is 2.26 bits per heavy atom. The molecule has 1 aromatic rings. The Bertz CT molecular complexity index is 383. The maximum absolute atomic E-state index is 10.3. The molecule has 1 aliphatic rings. The molecule has 1 unspecified atom stereocenters. The van der Waals surface area contributed by atoms with Crippen molar-refractivity contribution in [3.63, 3.8) is 0 Å². The van der Waals surface area contributed by atoms with E-state index < -0.39 is 0 Å². The van der Waals surface area contributed by atoms with E-state index in [1.54, 1.807) is 0 Å². The lowest BCUT2D eigenvalue weighted by Crippen LogP contribution is -2.18. The molecule has 106 valence electrons. The minimum Gasteiger partial charge on any atom is -0.388 e. The summed E-state index contributed by atoms with van der Waals surface area (Å²) in [5.41, 5.74) is 2.53. The third kappa shape index (κ3) is 4.05. The van der Waals surface area contributed by atoms with Gasteiger partial charge >= 0.3 is 0 Å². The fraction of sp³-hybridized carbons (Fsp3) is 0.647. The first kappa shape index (κ1) is 14.5. The molecule has 19 heavy (non-hydrogen) atoms. The second kappa shape index (κ2) is 6.06. The predicted octanol–water partition coefficient (Wildman–Crippen LogP) is 3.83. The van der Waals surface area contributed by atoms with Crippen LogP contribution in [-0.4, -0.2) is 18.3 Å². The average molecular weight is 262 g/mol. The highest BCUT2D eigenvalue weighted by Gasteiger charge is 2.19. The number of benzene rings is 1. The van der Waals surface area contributed by atoms with E-state index in [1.807, 2.05) is 0 Å². The summed E-state index contributed by atoms with van der Waals surface area (Å²) in [4.78, 5) is 0. The van der Waals surface area contributed by atoms with Gasteiger partial charge < -0.3 is 9.84 Å². The van der Waals surface area contributed by atoms with Crippen molar-refractivity contribution in [3.05, 3.63) is 35.4 Å². The Balaban J connectivity index is 1.97. The Labute approximate surface area is 116 Å². The molecule has 0 spiro atoms. The smallest absolute Gasteiger partial charge is 0.0792 e. The Kier molecular flexibility index (Phi) is 4.64. The van der Waals surface area contributed by atoms with E-state index in [2.05, 4.69) is 45.0 Å². The quantitative estimate of drug-likeness (QED) is 0.897. The van der Waals surface area contributed by atoms with Crippen LogP contribution in [0.15, 0.2) is 24.3 Å². The highest BCUT2D eigenvalue weighted by atomic mass is 16.5. The van der Waals surface area contributed by atoms with E-state index >= 15 is 0 Å². The lowest BCUT2D eigenvalue weighted by Gasteiger charge is -2.25. The molecule has 0 aliphatic carbocycles. The standard InChI is InChI=1S/C17H26O2/c1-17(2,3)15-6-4-14(5-7-15)16(18)12-13-8-10-19-11-9-13/h4-7,13,16,18H,8-12H2,1-3H3. The molecule has 1 heterocycles. The van der Waals surface area contributed by atoms with Crippen LogP contribution >= 0.6 is 0 Å². The second-order valence-corrected chi connectivity index (χ2v) is 6.68. The third-order valence-corrected chi connectivity index (χ3v) is 4.06. The number of ether oxygens (including phenoxy) is 1. The zero-order valence-electron chi connectivity index (χ0n) is 12.4. The molecule has 1 atom stereocenters. The van der Waals surface area contributed by atoms with Gasteiger partial charge in [0.2, 0.25) is 0 Å². The van der Waals surface area contributed by atoms with Gasteiger partial charge in [-0.25, -0.2) is 0 Å². The SMILES string of the molecule is CC(C)(C)c1ccc(C(O)CC2CCOCC2)cc1. The Hall–Kier alpha value is -0.860. The molecular formula is C17H26O2. The largest absolute Gasteiger partial charge is 0.388 e. The fourth-order valence-corrected chi connectivity index (χ4v) is 2.64. The van der Waals surface area contributed by atoms with Gasteiger partial charge in [0.1, 0.15) is 0 Å². The number of aliphatic hydroxyl groups excluding tert-OH is 1. The number of rotatable bonds is 3. The summed E-state index contributed by atoms with van der Waals surface area (Å²) in [5, 5.41) is 10.3. The molecule has 1 saturated heterocycles. The van der Waals surface area contributed by atoms with Crippen LogP contribution in [0.25, 0.3) is 0 Å². The molecule has 2 nitrogen and oxygen atoms in total. The Morgan fingerprint density at radius 2 is 1.74 bits per heavy atom. The summed E-state index contributed by atoms with van der Waals surface area (Å²) >= 11 is 0. The van der Waals surface area contributed by atoms with E-state index in [-0.39, 0.29) is 11.5 Å². The van der Waals surface area contributed by atoms with Crippen molar-refractivity contribution >= 4 is 0 Å². The summed E-state index contributed by atoms with van der Waals surface area (Å²) in [6.45, 7) is 8.32. The monoisotopic (exact) mass is 262 g/mol. The molecule has 0 radical (unpaired) electrons. The van der Waals surface area contributed by atoms with Crippen LogP contribution in [0.2, 0.25) is 0 Å². The second-order valence-electron chi connectivity index (χ2n) is 6.68. The number of hydrogen-bond donors (Lipinski definition) is 1. The van der Waals surface area contributed by atoms with E-state index in [4.69, 9.17) is 4.74 Å². The van der Waals surface area contributed by atoms with Crippen LogP contribution in [0, 0.1) is 5.92 Å². The molecule has 1 N–H and O–H groups in total. The minimum absolute atomic E-state index is 0.171. The number of aliphatic hydroxyl groups is 1. The van der Waals surface area contributed by atoms with Gasteiger partial charge in [0.15, 0.2) is 0 Å². The van der Waals surface area contributed by atoms with Gasteiger partial charge in [-0.2, -0.15) is 0 Å². The van der Waals surface area contributed by atoms with Gasteiger partial charge in [0.25, 0.3) is 0 Å². The summed E-state index contributed by atoms with van der Waals surface area (Å²) in [6, 6.07) is 8.43. The Morgan fingerprint density at radius 1 is 1.16 bits per heavy atom. The van der Waals surface area contributed by atoms with Crippen molar-refractivity contribution in [3.8, 4) is 0 Å². The van der Waals surface area contributed by atoms with Gasteiger partial charge in [0, 0.05) is 13.2 Å². The summed E-state index contributed by atoms with van der Waals surface area (Å²) in [7, 11) is 0. The maximum Gasteiger partial charge on any atom is 0.0792 e. The third-order valence-electron chi connectivity index (χ3n) is 4.06. The van der Waals surface area contributed by atoms with E-state index in [9.17, 15) is 5.11 Å². The summed E-state index contributed by atoms with van der Waals surface area (Å²) in [6.07, 6.45) is 2.68. The first-order chi connectivity index (χ1) is 8.97. The van der Waals surface area contributed by atoms with Crippen molar-refractivity contribution in [2.24, 2.45) is 5.92 Å². The summed E-state index contributed by atoms with van der Waals surface area (Å²) < 4.78 is 5.36. The molecule has 1 aliphatic heterocycles. The molecule has 1 fully saturated rings. The van der Waals surface area contributed by atoms with Gasteiger partial charge in [0.05, 0.1) is 6.10 Å². The van der Waals surface area contributed by atoms with Crippen LogP contribution in [0.3, 0.4) is 0 Å². The zero-order chi connectivity index (χ0) is 13.9. The normalized spacial score (nSPS) is 19.4. The molecule has 1 aromatic carbocycles. The van der Waals surface area contributed by atoms with Crippen molar-refractivity contribution in [1.29, 1.82) is 0 Å². The van der Waals surface area contributed by atoms with Gasteiger partial charge in [-0.15, -0.1) is 0 Å². The molecule has 2 rings (SSSR count). The highest BCUT2D eigenvalue weighted by molar-refractivity contribution is 5.28. The van der Waals surface area contributed by atoms with Gasteiger partial charge in [-0.3, -0.25) is 0 Å². The molecule has 0 saturated carbocycles. The van der Waals surface area contributed by atoms with Gasteiger partial charge in [-0.1, -0.05) is 45.0 Å². The van der Waals surface area contributed by atoms with Gasteiger partial charge in [-0.05, 0) is 41.7 Å². The zero-order valence-corrected chi connectivity index (χ0v) is 12.4. The van der Waals surface area contributed by atoms with E-state index in [0.29, 0.717) is 5.92 Å². The highest BCUT2D eigenvalue weighted by Crippen LogP contribution is 2.29.